The molecule has 0 bridgehead atoms. The van der Waals surface area contributed by atoms with Gasteiger partial charge in [0.25, 0.3) is 11.8 Å². The van der Waals surface area contributed by atoms with E-state index in [4.69, 9.17) is 5.73 Å². The van der Waals surface area contributed by atoms with Crippen LogP contribution in [0.1, 0.15) is 33.3 Å². The summed E-state index contributed by atoms with van der Waals surface area (Å²) < 4.78 is 0. The Morgan fingerprint density at radius 3 is 2.79 bits per heavy atom. The number of aliphatic imine (C=N–C) groups is 2. The number of carbonyl (C=O) groups excluding carboxylic acids is 2. The van der Waals surface area contributed by atoms with E-state index in [9.17, 15) is 9.59 Å². The number of benzene rings is 1. The largest absolute Gasteiger partial charge is 0.386 e. The number of allylic oxidation sites excluding steroid dienone is 2. The molecule has 1 aromatic rings. The quantitative estimate of drug-likeness (QED) is 0.605. The number of hydrogen-bond acceptors (Lipinski definition) is 5. The number of hydrogen-bond donors (Lipinski definition) is 2. The van der Waals surface area contributed by atoms with Gasteiger partial charge in [-0.2, -0.15) is 0 Å². The number of nitrogens with two attached hydrogens (primary N) is 1. The van der Waals surface area contributed by atoms with Gasteiger partial charge < -0.3 is 16.0 Å². The van der Waals surface area contributed by atoms with Gasteiger partial charge in [-0.1, -0.05) is 18.2 Å². The zero-order valence-electron chi connectivity index (χ0n) is 17.0. The Bertz CT molecular complexity index is 898. The van der Waals surface area contributed by atoms with Crippen molar-refractivity contribution >= 4 is 29.0 Å². The van der Waals surface area contributed by atoms with E-state index in [1.165, 1.54) is 6.20 Å². The fourth-order valence-corrected chi connectivity index (χ4v) is 2.92. The summed E-state index contributed by atoms with van der Waals surface area (Å²) >= 11 is 0. The smallest absolute Gasteiger partial charge is 0.255 e. The molecule has 0 saturated carbocycles. The minimum Gasteiger partial charge on any atom is -0.386 e. The Morgan fingerprint density at radius 2 is 2.11 bits per heavy atom. The van der Waals surface area contributed by atoms with Gasteiger partial charge in [0.05, 0.1) is 6.54 Å². The number of anilines is 1. The van der Waals surface area contributed by atoms with Crippen LogP contribution in [-0.2, 0) is 15.1 Å². The Hall–Kier alpha value is -3.22. The molecule has 7 nitrogen and oxygen atoms in total. The second-order valence-electron chi connectivity index (χ2n) is 6.95. The Kier molecular flexibility index (Phi) is 6.51. The molecule has 1 atom stereocenters. The minimum absolute atomic E-state index is 0.143. The van der Waals surface area contributed by atoms with E-state index in [1.807, 2.05) is 26.0 Å². The van der Waals surface area contributed by atoms with Gasteiger partial charge in [0.2, 0.25) is 0 Å². The third kappa shape index (κ3) is 4.73. The van der Waals surface area contributed by atoms with Crippen LogP contribution in [0, 0.1) is 0 Å². The summed E-state index contributed by atoms with van der Waals surface area (Å²) in [5, 5.41) is 2.83. The highest BCUT2D eigenvalue weighted by Crippen LogP contribution is 2.31. The molecule has 28 heavy (non-hydrogen) atoms. The second-order valence-corrected chi connectivity index (χ2v) is 6.95. The average molecular weight is 381 g/mol. The highest BCUT2D eigenvalue weighted by atomic mass is 16.2. The molecular weight excluding hydrogens is 354 g/mol. The summed E-state index contributed by atoms with van der Waals surface area (Å²) in [5.74, 6) is -0.0170. The van der Waals surface area contributed by atoms with Gasteiger partial charge in [-0.25, -0.2) is 4.99 Å². The lowest BCUT2D eigenvalue weighted by molar-refractivity contribution is -0.135. The number of rotatable bonds is 5. The van der Waals surface area contributed by atoms with Gasteiger partial charge in [0.1, 0.15) is 5.84 Å². The molecule has 2 amide bonds. The van der Waals surface area contributed by atoms with E-state index in [0.29, 0.717) is 29.2 Å². The zero-order chi connectivity index (χ0) is 20.9. The fourth-order valence-electron chi connectivity index (χ4n) is 2.92. The van der Waals surface area contributed by atoms with Crippen molar-refractivity contribution < 1.29 is 9.59 Å². The molecule has 7 heteroatoms. The van der Waals surface area contributed by atoms with Crippen LogP contribution in [-0.4, -0.2) is 41.9 Å². The number of nitrogens with one attached hydrogen (secondary N) is 1. The summed E-state index contributed by atoms with van der Waals surface area (Å²) in [5.41, 5.74) is 7.29. The highest BCUT2D eigenvalue weighted by Gasteiger charge is 2.40. The first kappa shape index (κ1) is 21.1. The molecule has 1 aromatic carbocycles. The molecule has 1 unspecified atom stereocenters. The Labute approximate surface area is 165 Å². The summed E-state index contributed by atoms with van der Waals surface area (Å²) in [6.45, 7) is 7.49. The molecule has 2 rings (SSSR count). The molecule has 148 valence electrons. The van der Waals surface area contributed by atoms with Gasteiger partial charge in [0.15, 0.2) is 5.54 Å². The van der Waals surface area contributed by atoms with Gasteiger partial charge >= 0.3 is 0 Å². The first-order chi connectivity index (χ1) is 13.2. The van der Waals surface area contributed by atoms with Gasteiger partial charge in [-0.3, -0.25) is 14.6 Å². The van der Waals surface area contributed by atoms with E-state index in [-0.39, 0.29) is 11.8 Å². The van der Waals surface area contributed by atoms with E-state index in [2.05, 4.69) is 15.3 Å². The predicted octanol–water partition coefficient (Wildman–Crippen LogP) is 2.61. The van der Waals surface area contributed by atoms with Crippen molar-refractivity contribution in [2.24, 2.45) is 15.7 Å². The Morgan fingerprint density at radius 1 is 1.39 bits per heavy atom. The molecule has 1 heterocycles. The van der Waals surface area contributed by atoms with Gasteiger partial charge in [-0.05, 0) is 51.5 Å². The Balaban J connectivity index is 2.25. The maximum atomic E-state index is 12.7. The van der Waals surface area contributed by atoms with Gasteiger partial charge in [-0.15, -0.1) is 0 Å². The van der Waals surface area contributed by atoms with Crippen LogP contribution in [0.2, 0.25) is 0 Å². The number of nitrogens with zero attached hydrogens (tertiary/aromatic N) is 3. The standard InChI is InChI=1S/C21H27N5O2/c1-6-8-15(3)23-12-14(2)19(27)24-17-10-7-9-16(11-17)21(4)20(28)26(5)13-18(22)25-21/h6-12H,13H2,1-5H3,(H2,22,25)(H,24,27)/b8-6?,14-12+,23-15-. The maximum Gasteiger partial charge on any atom is 0.255 e. The van der Waals surface area contributed by atoms with E-state index in [0.717, 1.165) is 5.71 Å². The van der Waals surface area contributed by atoms with Crippen LogP contribution in [0.4, 0.5) is 5.69 Å². The molecule has 0 aromatic heterocycles. The maximum absolute atomic E-state index is 12.7. The van der Waals surface area contributed by atoms with Crippen molar-refractivity contribution in [1.82, 2.24) is 4.90 Å². The van der Waals surface area contributed by atoms with Crippen molar-refractivity contribution in [2.45, 2.75) is 33.2 Å². The molecule has 1 aliphatic rings. The molecule has 0 spiro atoms. The fraction of sp³-hybridized carbons (Fsp3) is 0.333. The van der Waals surface area contributed by atoms with Crippen LogP contribution in [0.5, 0.6) is 0 Å². The number of amidine groups is 1. The lowest BCUT2D eigenvalue weighted by Gasteiger charge is -2.34. The zero-order valence-corrected chi connectivity index (χ0v) is 17.0. The minimum atomic E-state index is -1.11. The van der Waals surface area contributed by atoms with Crippen LogP contribution < -0.4 is 11.1 Å². The predicted molar refractivity (Wildman–Crippen MR) is 113 cm³/mol. The second kappa shape index (κ2) is 8.65. The van der Waals surface area contributed by atoms with E-state index < -0.39 is 5.54 Å². The van der Waals surface area contributed by atoms with Crippen molar-refractivity contribution in [2.75, 3.05) is 18.9 Å². The normalized spacial score (nSPS) is 21.1. The summed E-state index contributed by atoms with van der Waals surface area (Å²) in [4.78, 5) is 35.3. The SMILES string of the molecule is CC=C/C(C)=N\C=C(/C)C(=O)Nc1cccc(C2(C)N=C(N)CN(C)C2=O)c1. The van der Waals surface area contributed by atoms with Crippen molar-refractivity contribution in [3.8, 4) is 0 Å². The first-order valence-corrected chi connectivity index (χ1v) is 9.03. The molecule has 0 aliphatic carbocycles. The number of amides is 2. The third-order valence-corrected chi connectivity index (χ3v) is 4.44. The van der Waals surface area contributed by atoms with Crippen LogP contribution in [0.15, 0.2) is 58.2 Å². The van der Waals surface area contributed by atoms with Crippen molar-refractivity contribution in [3.63, 3.8) is 0 Å². The summed E-state index contributed by atoms with van der Waals surface area (Å²) in [6.07, 6.45) is 5.27. The van der Waals surface area contributed by atoms with Gasteiger partial charge in [0, 0.05) is 30.2 Å². The average Bonchev–Trinajstić information content (AvgIpc) is 2.64. The van der Waals surface area contributed by atoms with E-state index in [1.54, 1.807) is 50.1 Å². The topological polar surface area (TPSA) is 100 Å². The summed E-state index contributed by atoms with van der Waals surface area (Å²) in [6, 6.07) is 7.08. The van der Waals surface area contributed by atoms with Crippen LogP contribution in [0.3, 0.4) is 0 Å². The molecular formula is C21H27N5O2. The number of likely N-dealkylation sites (N-methyl/N-ethyl adjacent to an activating group) is 1. The van der Waals surface area contributed by atoms with Crippen molar-refractivity contribution in [1.29, 1.82) is 0 Å². The molecule has 1 aliphatic heterocycles. The third-order valence-electron chi connectivity index (χ3n) is 4.44. The van der Waals surface area contributed by atoms with Crippen molar-refractivity contribution in [3.05, 3.63) is 53.8 Å². The highest BCUT2D eigenvalue weighted by molar-refractivity contribution is 6.04. The van der Waals surface area contributed by atoms with Crippen LogP contribution in [0.25, 0.3) is 0 Å². The molecule has 0 radical (unpaired) electrons. The lowest BCUT2D eigenvalue weighted by atomic mass is 9.89. The first-order valence-electron chi connectivity index (χ1n) is 9.03. The van der Waals surface area contributed by atoms with Crippen LogP contribution >= 0.6 is 0 Å². The summed E-state index contributed by atoms with van der Waals surface area (Å²) in [7, 11) is 1.69. The molecule has 0 saturated heterocycles. The van der Waals surface area contributed by atoms with E-state index >= 15 is 0 Å². The molecule has 0 fully saturated rings. The monoisotopic (exact) mass is 381 g/mol. The number of carbonyl (C=O) groups is 2. The molecule has 3 N–H and O–H groups in total. The lowest BCUT2D eigenvalue weighted by Crippen LogP contribution is -2.51.